The fourth-order valence-corrected chi connectivity index (χ4v) is 7.42. The van der Waals surface area contributed by atoms with E-state index in [2.05, 4.69) is 45.7 Å². The second kappa shape index (κ2) is 15.2. The Morgan fingerprint density at radius 2 is 1.59 bits per heavy atom. The first-order valence-electron chi connectivity index (χ1n) is 16.1. The van der Waals surface area contributed by atoms with Gasteiger partial charge in [-0.15, -0.1) is 0 Å². The van der Waals surface area contributed by atoms with Crippen LogP contribution in [0.3, 0.4) is 0 Å². The summed E-state index contributed by atoms with van der Waals surface area (Å²) < 4.78 is 39.7. The molecule has 0 saturated carbocycles. The molecule has 2 aliphatic heterocycles. The third kappa shape index (κ3) is 9.16. The highest BCUT2D eigenvalue weighted by atomic mass is 32.2. The molecule has 0 aliphatic carbocycles. The van der Waals surface area contributed by atoms with Gasteiger partial charge < -0.3 is 20.4 Å². The summed E-state index contributed by atoms with van der Waals surface area (Å²) in [6.07, 6.45) is 6.72. The van der Waals surface area contributed by atoms with Crippen LogP contribution >= 0.6 is 0 Å². The van der Waals surface area contributed by atoms with Gasteiger partial charge >= 0.3 is 6.03 Å². The van der Waals surface area contributed by atoms with Crippen LogP contribution in [-0.4, -0.2) is 70.8 Å². The van der Waals surface area contributed by atoms with Crippen LogP contribution in [0.5, 0.6) is 0 Å². The lowest BCUT2D eigenvalue weighted by atomic mass is 9.78. The van der Waals surface area contributed by atoms with Gasteiger partial charge in [-0.1, -0.05) is 30.3 Å². The quantitative estimate of drug-likeness (QED) is 0.236. The van der Waals surface area contributed by atoms with Gasteiger partial charge in [0.15, 0.2) is 0 Å². The van der Waals surface area contributed by atoms with Crippen molar-refractivity contribution >= 4 is 38.7 Å². The topological polar surface area (TPSA) is 81.8 Å². The molecule has 2 unspecified atom stereocenters. The van der Waals surface area contributed by atoms with Crippen molar-refractivity contribution < 1.29 is 22.6 Å². The van der Waals surface area contributed by atoms with E-state index in [9.17, 15) is 22.6 Å². The lowest BCUT2D eigenvalue weighted by Crippen LogP contribution is -2.42. The average molecular weight is 651 g/mol. The van der Waals surface area contributed by atoms with E-state index < -0.39 is 27.2 Å². The van der Waals surface area contributed by atoms with E-state index >= 15 is 0 Å². The molecule has 3 aromatic carbocycles. The molecule has 2 saturated heterocycles. The lowest BCUT2D eigenvalue weighted by molar-refractivity contribution is -0.117. The van der Waals surface area contributed by atoms with Gasteiger partial charge in [-0.3, -0.25) is 9.00 Å². The van der Waals surface area contributed by atoms with Crippen LogP contribution in [0.25, 0.3) is 0 Å². The highest BCUT2D eigenvalue weighted by molar-refractivity contribution is 7.99. The molecule has 2 N–H and O–H groups in total. The van der Waals surface area contributed by atoms with Crippen molar-refractivity contribution in [2.75, 3.05) is 49.6 Å². The predicted octanol–water partition coefficient (Wildman–Crippen LogP) is 6.83. The molecule has 0 aromatic heterocycles. The highest BCUT2D eigenvalue weighted by Gasteiger charge is 2.31. The minimum Gasteiger partial charge on any atom is -0.326 e. The number of rotatable bonds is 10. The van der Waals surface area contributed by atoms with Crippen LogP contribution in [0, 0.1) is 23.5 Å². The first-order valence-corrected chi connectivity index (χ1v) is 18.2. The standard InChI is InChI=1S/C36H44F2N4O3S/c1-46(2,45)31-11-9-30(10-12-31)39-35(43)24-26-14-19-41(20-15-26)21-18-32(27-6-4-3-5-7-27)28-16-22-42(23-17-28)36(44)40-34-25-29(37)8-13-33(34)38/h3-13,25-26,28,32H,1,14-24H2,2H3,(H,39,43)(H,40,44). The zero-order valence-corrected chi connectivity index (χ0v) is 27.2. The normalized spacial score (nSPS) is 18.5. The van der Waals surface area contributed by atoms with E-state index in [0.29, 0.717) is 47.8 Å². The maximum Gasteiger partial charge on any atom is 0.321 e. The minimum absolute atomic E-state index is 0.00304. The Morgan fingerprint density at radius 3 is 2.24 bits per heavy atom. The fraction of sp³-hybridized carbons (Fsp3) is 0.417. The van der Waals surface area contributed by atoms with Gasteiger partial charge in [0.05, 0.1) is 5.69 Å². The zero-order chi connectivity index (χ0) is 32.7. The number of nitrogens with zero attached hydrogens (tertiary/aromatic N) is 2. The van der Waals surface area contributed by atoms with Gasteiger partial charge in [-0.25, -0.2) is 13.6 Å². The minimum atomic E-state index is -2.28. The van der Waals surface area contributed by atoms with E-state index in [1.54, 1.807) is 35.4 Å². The van der Waals surface area contributed by atoms with Gasteiger partial charge in [0, 0.05) is 42.4 Å². The number of anilines is 2. The summed E-state index contributed by atoms with van der Waals surface area (Å²) in [6.45, 7) is 4.00. The summed E-state index contributed by atoms with van der Waals surface area (Å²) in [5.41, 5.74) is 1.87. The molecule has 0 bridgehead atoms. The number of nitrogens with one attached hydrogen (secondary N) is 2. The van der Waals surface area contributed by atoms with Crippen molar-refractivity contribution in [3.63, 3.8) is 0 Å². The summed E-state index contributed by atoms with van der Waals surface area (Å²) in [4.78, 5) is 30.4. The number of carbonyl (C=O) groups excluding carboxylic acids is 2. The van der Waals surface area contributed by atoms with Gasteiger partial charge in [0.2, 0.25) is 5.91 Å². The average Bonchev–Trinajstić information content (AvgIpc) is 3.04. The Balaban J connectivity index is 1.09. The summed E-state index contributed by atoms with van der Waals surface area (Å²) in [5.74, 6) is 3.55. The monoisotopic (exact) mass is 650 g/mol. The molecule has 3 aromatic rings. The number of halogens is 2. The van der Waals surface area contributed by atoms with Crippen molar-refractivity contribution in [2.24, 2.45) is 11.8 Å². The molecule has 10 heteroatoms. The van der Waals surface area contributed by atoms with Crippen LogP contribution in [-0.2, 0) is 14.3 Å². The van der Waals surface area contributed by atoms with Crippen LogP contribution < -0.4 is 10.6 Å². The van der Waals surface area contributed by atoms with E-state index in [1.807, 2.05) is 6.07 Å². The van der Waals surface area contributed by atoms with E-state index in [4.69, 9.17) is 0 Å². The fourth-order valence-electron chi connectivity index (χ4n) is 6.70. The Bertz CT molecular complexity index is 1590. The second-order valence-electron chi connectivity index (χ2n) is 12.8. The SMILES string of the molecule is C=S(C)(=O)c1ccc(NC(=O)CC2CCN(CCC(c3ccccc3)C3CCN(C(=O)Nc4cc(F)ccc4F)CC3)CC2)cc1. The second-order valence-corrected chi connectivity index (χ2v) is 15.2. The van der Waals surface area contributed by atoms with Crippen LogP contribution in [0.4, 0.5) is 25.0 Å². The van der Waals surface area contributed by atoms with Crippen LogP contribution in [0.2, 0.25) is 0 Å². The molecule has 3 amide bonds. The zero-order valence-electron chi connectivity index (χ0n) is 26.4. The molecule has 2 heterocycles. The molecule has 0 radical (unpaired) electrons. The van der Waals surface area contributed by atoms with Gasteiger partial charge in [-0.05, 0) is 127 Å². The van der Waals surface area contributed by atoms with Crippen molar-refractivity contribution in [1.29, 1.82) is 0 Å². The summed E-state index contributed by atoms with van der Waals surface area (Å²) in [5, 5.41) is 5.50. The molecule has 2 aliphatic rings. The lowest BCUT2D eigenvalue weighted by Gasteiger charge is -2.38. The van der Waals surface area contributed by atoms with E-state index in [-0.39, 0.29) is 11.6 Å². The maximum atomic E-state index is 14.1. The van der Waals surface area contributed by atoms with Crippen LogP contribution in [0.1, 0.15) is 50.0 Å². The Hall–Kier alpha value is -3.76. The first-order chi connectivity index (χ1) is 22.0. The third-order valence-electron chi connectivity index (χ3n) is 9.37. The largest absolute Gasteiger partial charge is 0.326 e. The number of hydrogen-bond donors (Lipinski definition) is 2. The molecular formula is C36H44F2N4O3S. The molecule has 2 atom stereocenters. The van der Waals surface area contributed by atoms with E-state index in [0.717, 1.165) is 69.9 Å². The van der Waals surface area contributed by atoms with Crippen molar-refractivity contribution in [3.05, 3.63) is 90.0 Å². The number of benzene rings is 3. The van der Waals surface area contributed by atoms with Crippen molar-refractivity contribution in [2.45, 2.75) is 49.3 Å². The van der Waals surface area contributed by atoms with Gasteiger partial charge in [-0.2, -0.15) is 0 Å². The van der Waals surface area contributed by atoms with E-state index in [1.165, 1.54) is 5.56 Å². The summed E-state index contributed by atoms with van der Waals surface area (Å²) in [7, 11) is -2.28. The molecule has 246 valence electrons. The Labute approximate surface area is 271 Å². The third-order valence-corrected chi connectivity index (χ3v) is 10.6. The number of carbonyl (C=O) groups is 2. The molecular weight excluding hydrogens is 606 g/mol. The summed E-state index contributed by atoms with van der Waals surface area (Å²) >= 11 is 0. The molecule has 2 fully saturated rings. The Morgan fingerprint density at radius 1 is 0.913 bits per heavy atom. The number of likely N-dealkylation sites (tertiary alicyclic amines) is 2. The van der Waals surface area contributed by atoms with Gasteiger partial charge in [0.25, 0.3) is 0 Å². The molecule has 0 spiro atoms. The number of piperidine rings is 2. The molecule has 5 rings (SSSR count). The predicted molar refractivity (Wildman–Crippen MR) is 182 cm³/mol. The van der Waals surface area contributed by atoms with Gasteiger partial charge in [0.1, 0.15) is 11.6 Å². The maximum absolute atomic E-state index is 14.1. The van der Waals surface area contributed by atoms with Crippen molar-refractivity contribution in [3.8, 4) is 0 Å². The number of hydrogen-bond acceptors (Lipinski definition) is 4. The number of amides is 3. The highest BCUT2D eigenvalue weighted by Crippen LogP contribution is 2.36. The molecule has 46 heavy (non-hydrogen) atoms. The van der Waals surface area contributed by atoms with Crippen molar-refractivity contribution in [1.82, 2.24) is 9.80 Å². The molecule has 7 nitrogen and oxygen atoms in total. The smallest absolute Gasteiger partial charge is 0.321 e. The van der Waals surface area contributed by atoms with Crippen LogP contribution in [0.15, 0.2) is 77.7 Å². The first kappa shape index (κ1) is 33.6. The summed E-state index contributed by atoms with van der Waals surface area (Å²) in [6, 6.07) is 20.3. The Kier molecular flexibility index (Phi) is 11.1. The number of urea groups is 1.